The van der Waals surface area contributed by atoms with Crippen LogP contribution in [-0.2, 0) is 9.59 Å². The largest absolute Gasteiger partial charge is 0.493 e. The van der Waals surface area contributed by atoms with Crippen LogP contribution in [-0.4, -0.2) is 30.1 Å². The second kappa shape index (κ2) is 9.62. The van der Waals surface area contributed by atoms with Gasteiger partial charge in [0.05, 0.1) is 23.4 Å². The average molecular weight is 503 g/mol. The van der Waals surface area contributed by atoms with Crippen LogP contribution < -0.4 is 19.7 Å². The SMILES string of the molecule is CCOc1cc(OCC)c(/C=C2\C(=O)NC(=S)N(c3cccc(C)c3C)C2=O)cc1Br. The third-order valence-electron chi connectivity index (χ3n) is 4.88. The molecule has 8 heteroatoms. The van der Waals surface area contributed by atoms with Crippen LogP contribution in [0.15, 0.2) is 40.4 Å². The summed E-state index contributed by atoms with van der Waals surface area (Å²) in [5.41, 5.74) is 3.10. The maximum atomic E-state index is 13.4. The van der Waals surface area contributed by atoms with E-state index in [9.17, 15) is 9.59 Å². The van der Waals surface area contributed by atoms with Crippen molar-refractivity contribution in [3.05, 3.63) is 57.1 Å². The van der Waals surface area contributed by atoms with E-state index >= 15 is 0 Å². The number of nitrogens with zero attached hydrogens (tertiary/aromatic N) is 1. The number of hydrogen-bond donors (Lipinski definition) is 1. The summed E-state index contributed by atoms with van der Waals surface area (Å²) in [6.07, 6.45) is 1.52. The summed E-state index contributed by atoms with van der Waals surface area (Å²) < 4.78 is 12.0. The monoisotopic (exact) mass is 502 g/mol. The van der Waals surface area contributed by atoms with E-state index in [0.29, 0.717) is 40.4 Å². The van der Waals surface area contributed by atoms with Gasteiger partial charge >= 0.3 is 0 Å². The summed E-state index contributed by atoms with van der Waals surface area (Å²) in [7, 11) is 0. The second-order valence-corrected chi connectivity index (χ2v) is 8.10. The maximum Gasteiger partial charge on any atom is 0.270 e. The first-order valence-corrected chi connectivity index (χ1v) is 11.0. The molecule has 0 spiro atoms. The Morgan fingerprint density at radius 2 is 1.77 bits per heavy atom. The van der Waals surface area contributed by atoms with E-state index in [2.05, 4.69) is 21.2 Å². The third-order valence-corrected chi connectivity index (χ3v) is 5.79. The number of benzene rings is 2. The van der Waals surface area contributed by atoms with Crippen molar-refractivity contribution in [3.63, 3.8) is 0 Å². The van der Waals surface area contributed by atoms with Gasteiger partial charge in [0.1, 0.15) is 17.1 Å². The molecule has 0 saturated carbocycles. The summed E-state index contributed by atoms with van der Waals surface area (Å²) in [4.78, 5) is 27.4. The molecule has 1 heterocycles. The molecule has 2 amide bonds. The number of ether oxygens (including phenoxy) is 2. The smallest absolute Gasteiger partial charge is 0.270 e. The van der Waals surface area contributed by atoms with Gasteiger partial charge < -0.3 is 9.47 Å². The van der Waals surface area contributed by atoms with Crippen LogP contribution >= 0.6 is 28.1 Å². The van der Waals surface area contributed by atoms with Crippen LogP contribution in [0, 0.1) is 13.8 Å². The molecule has 0 bridgehead atoms. The van der Waals surface area contributed by atoms with Crippen molar-refractivity contribution in [1.82, 2.24) is 5.32 Å². The predicted molar refractivity (Wildman–Crippen MR) is 129 cm³/mol. The number of rotatable bonds is 6. The van der Waals surface area contributed by atoms with E-state index in [0.717, 1.165) is 11.1 Å². The van der Waals surface area contributed by atoms with E-state index < -0.39 is 11.8 Å². The third kappa shape index (κ3) is 4.65. The highest BCUT2D eigenvalue weighted by Crippen LogP contribution is 2.35. The Balaban J connectivity index is 2.10. The first kappa shape index (κ1) is 23.0. The fraction of sp³-hybridized carbons (Fsp3) is 0.261. The van der Waals surface area contributed by atoms with E-state index in [1.165, 1.54) is 11.0 Å². The number of carbonyl (C=O) groups excluding carboxylic acids is 2. The molecular weight excluding hydrogens is 480 g/mol. The molecule has 2 aromatic rings. The minimum absolute atomic E-state index is 0.0356. The molecule has 6 nitrogen and oxygen atoms in total. The van der Waals surface area contributed by atoms with Crippen molar-refractivity contribution < 1.29 is 19.1 Å². The number of hydrogen-bond acceptors (Lipinski definition) is 5. The summed E-state index contributed by atoms with van der Waals surface area (Å²) in [5.74, 6) is 0.0818. The van der Waals surface area contributed by atoms with Crippen molar-refractivity contribution in [2.24, 2.45) is 0 Å². The molecule has 3 rings (SSSR count). The summed E-state index contributed by atoms with van der Waals surface area (Å²) >= 11 is 8.79. The highest BCUT2D eigenvalue weighted by atomic mass is 79.9. The zero-order valence-electron chi connectivity index (χ0n) is 17.7. The lowest BCUT2D eigenvalue weighted by atomic mass is 10.0. The number of halogens is 1. The number of nitrogens with one attached hydrogen (secondary N) is 1. The molecule has 1 aliphatic heterocycles. The van der Waals surface area contributed by atoms with E-state index in [4.69, 9.17) is 21.7 Å². The number of amides is 2. The minimum Gasteiger partial charge on any atom is -0.493 e. The van der Waals surface area contributed by atoms with Crippen LogP contribution in [0.4, 0.5) is 5.69 Å². The lowest BCUT2D eigenvalue weighted by Crippen LogP contribution is -2.54. The zero-order valence-corrected chi connectivity index (χ0v) is 20.1. The van der Waals surface area contributed by atoms with E-state index in [1.807, 2.05) is 39.8 Å². The van der Waals surface area contributed by atoms with Gasteiger partial charge in [-0.3, -0.25) is 19.8 Å². The van der Waals surface area contributed by atoms with Crippen LogP contribution in [0.1, 0.15) is 30.5 Å². The van der Waals surface area contributed by atoms with Crippen molar-refractivity contribution in [3.8, 4) is 11.5 Å². The van der Waals surface area contributed by atoms with Crippen molar-refractivity contribution >= 4 is 56.8 Å². The second-order valence-electron chi connectivity index (χ2n) is 6.86. The minimum atomic E-state index is -0.552. The standard InChI is InChI=1S/C23H23BrN2O4S/c1-5-29-19-12-20(30-6-2)17(24)11-15(19)10-16-21(27)25-23(31)26(22(16)28)18-9-7-8-13(3)14(18)4/h7-12H,5-6H2,1-4H3,(H,25,27,31)/b16-10+. The molecule has 1 N–H and O–H groups in total. The molecule has 0 atom stereocenters. The summed E-state index contributed by atoms with van der Waals surface area (Å²) in [6.45, 7) is 8.53. The Hall–Kier alpha value is -2.71. The highest BCUT2D eigenvalue weighted by molar-refractivity contribution is 9.10. The first-order valence-electron chi connectivity index (χ1n) is 9.85. The fourth-order valence-electron chi connectivity index (χ4n) is 3.22. The molecule has 0 unspecified atom stereocenters. The van der Waals surface area contributed by atoms with Crippen LogP contribution in [0.25, 0.3) is 6.08 Å². The lowest BCUT2D eigenvalue weighted by Gasteiger charge is -2.30. The molecule has 1 saturated heterocycles. The Bertz CT molecular complexity index is 1100. The average Bonchev–Trinajstić information content (AvgIpc) is 2.71. The van der Waals surface area contributed by atoms with Gasteiger partial charge in [-0.2, -0.15) is 0 Å². The summed E-state index contributed by atoms with van der Waals surface area (Å²) in [6, 6.07) is 9.11. The van der Waals surface area contributed by atoms with Gasteiger partial charge in [-0.15, -0.1) is 0 Å². The van der Waals surface area contributed by atoms with Crippen LogP contribution in [0.3, 0.4) is 0 Å². The van der Waals surface area contributed by atoms with Crippen LogP contribution in [0.5, 0.6) is 11.5 Å². The normalized spacial score (nSPS) is 15.3. The number of thiocarbonyl (C=S) groups is 1. The quantitative estimate of drug-likeness (QED) is 0.352. The van der Waals surface area contributed by atoms with Gasteiger partial charge in [0.25, 0.3) is 11.8 Å². The molecule has 0 aliphatic carbocycles. The Kier molecular flexibility index (Phi) is 7.12. The highest BCUT2D eigenvalue weighted by Gasteiger charge is 2.35. The number of anilines is 1. The Labute approximate surface area is 195 Å². The molecular formula is C23H23BrN2O4S. The fourth-order valence-corrected chi connectivity index (χ4v) is 3.97. The molecule has 31 heavy (non-hydrogen) atoms. The number of aryl methyl sites for hydroxylation is 1. The van der Waals surface area contributed by atoms with Crippen LogP contribution in [0.2, 0.25) is 0 Å². The Morgan fingerprint density at radius 3 is 2.45 bits per heavy atom. The topological polar surface area (TPSA) is 67.9 Å². The lowest BCUT2D eigenvalue weighted by molar-refractivity contribution is -0.122. The zero-order chi connectivity index (χ0) is 22.7. The van der Waals surface area contributed by atoms with Gasteiger partial charge in [0.2, 0.25) is 0 Å². The van der Waals surface area contributed by atoms with E-state index in [-0.39, 0.29) is 10.7 Å². The van der Waals surface area contributed by atoms with Gasteiger partial charge in [-0.1, -0.05) is 12.1 Å². The molecule has 1 fully saturated rings. The van der Waals surface area contributed by atoms with Gasteiger partial charge in [0.15, 0.2) is 5.11 Å². The molecule has 162 valence electrons. The van der Waals surface area contributed by atoms with E-state index in [1.54, 1.807) is 18.2 Å². The Morgan fingerprint density at radius 1 is 1.10 bits per heavy atom. The molecule has 0 aromatic heterocycles. The maximum absolute atomic E-state index is 13.4. The molecule has 2 aromatic carbocycles. The van der Waals surface area contributed by atoms with Gasteiger partial charge in [-0.25, -0.2) is 0 Å². The number of carbonyl (C=O) groups is 2. The summed E-state index contributed by atoms with van der Waals surface area (Å²) in [5, 5.41) is 2.68. The molecule has 1 aliphatic rings. The van der Waals surface area contributed by atoms with Crippen molar-refractivity contribution in [2.75, 3.05) is 18.1 Å². The van der Waals surface area contributed by atoms with Crippen molar-refractivity contribution in [1.29, 1.82) is 0 Å². The predicted octanol–water partition coefficient (Wildman–Crippen LogP) is 4.69. The van der Waals surface area contributed by atoms with Crippen molar-refractivity contribution in [2.45, 2.75) is 27.7 Å². The molecule has 0 radical (unpaired) electrons. The van der Waals surface area contributed by atoms with Gasteiger partial charge in [-0.05, 0) is 85.2 Å². The van der Waals surface area contributed by atoms with Gasteiger partial charge in [0, 0.05) is 11.6 Å². The first-order chi connectivity index (χ1) is 14.8.